The van der Waals surface area contributed by atoms with Crippen LogP contribution >= 0.6 is 12.2 Å². The second-order valence-corrected chi connectivity index (χ2v) is 5.62. The van der Waals surface area contributed by atoms with Gasteiger partial charge in [-0.25, -0.2) is 0 Å². The van der Waals surface area contributed by atoms with E-state index in [1.807, 2.05) is 0 Å². The summed E-state index contributed by atoms with van der Waals surface area (Å²) in [6, 6.07) is 0.398. The molecule has 0 aliphatic carbocycles. The maximum Gasteiger partial charge on any atom is 0.0742 e. The van der Waals surface area contributed by atoms with E-state index < -0.39 is 10.8 Å². The Labute approximate surface area is 87.1 Å². The van der Waals surface area contributed by atoms with Crippen LogP contribution in [0.5, 0.6) is 0 Å². The van der Waals surface area contributed by atoms with Crippen LogP contribution in [0.1, 0.15) is 13.3 Å². The number of hydrogen-bond donors (Lipinski definition) is 1. The van der Waals surface area contributed by atoms with E-state index >= 15 is 0 Å². The van der Waals surface area contributed by atoms with E-state index in [0.717, 1.165) is 31.0 Å². The molecular formula is C8H16N2OS2. The summed E-state index contributed by atoms with van der Waals surface area (Å²) in [5, 5.41) is 0. The highest BCUT2D eigenvalue weighted by Crippen LogP contribution is 2.08. The van der Waals surface area contributed by atoms with Gasteiger partial charge in [0.25, 0.3) is 0 Å². The van der Waals surface area contributed by atoms with Gasteiger partial charge in [-0.1, -0.05) is 12.2 Å². The van der Waals surface area contributed by atoms with Crippen LogP contribution in [0.4, 0.5) is 0 Å². The summed E-state index contributed by atoms with van der Waals surface area (Å²) in [6.45, 7) is 3.94. The molecule has 0 spiro atoms. The fourth-order valence-electron chi connectivity index (χ4n) is 1.51. The molecule has 0 saturated carbocycles. The molecule has 0 aromatic carbocycles. The topological polar surface area (TPSA) is 46.3 Å². The number of thiocarbonyl (C=S) groups is 1. The van der Waals surface area contributed by atoms with Gasteiger partial charge in [0.05, 0.1) is 4.99 Å². The van der Waals surface area contributed by atoms with Crippen molar-refractivity contribution in [2.75, 3.05) is 24.6 Å². The van der Waals surface area contributed by atoms with Gasteiger partial charge < -0.3 is 5.73 Å². The van der Waals surface area contributed by atoms with Gasteiger partial charge in [-0.3, -0.25) is 9.11 Å². The Kier molecular flexibility index (Phi) is 4.28. The molecule has 1 fully saturated rings. The summed E-state index contributed by atoms with van der Waals surface area (Å²) in [5.74, 6) is 1.59. The minimum Gasteiger partial charge on any atom is -0.393 e. The summed E-state index contributed by atoms with van der Waals surface area (Å²) in [6.07, 6.45) is 0.766. The molecule has 2 N–H and O–H groups in total. The van der Waals surface area contributed by atoms with Crippen molar-refractivity contribution in [2.45, 2.75) is 19.4 Å². The SMILES string of the molecule is CC(CC(N)=S)N1CCS(=O)CC1. The molecule has 1 aliphatic rings. The molecule has 0 radical (unpaired) electrons. The van der Waals surface area contributed by atoms with Crippen LogP contribution in [-0.4, -0.2) is 44.7 Å². The molecule has 13 heavy (non-hydrogen) atoms. The largest absolute Gasteiger partial charge is 0.393 e. The van der Waals surface area contributed by atoms with Crippen molar-refractivity contribution in [3.8, 4) is 0 Å². The van der Waals surface area contributed by atoms with E-state index in [0.29, 0.717) is 11.0 Å². The van der Waals surface area contributed by atoms with Gasteiger partial charge in [-0.2, -0.15) is 0 Å². The van der Waals surface area contributed by atoms with Crippen molar-refractivity contribution < 1.29 is 4.21 Å². The van der Waals surface area contributed by atoms with Crippen molar-refractivity contribution in [3.05, 3.63) is 0 Å². The summed E-state index contributed by atoms with van der Waals surface area (Å²) in [5.41, 5.74) is 5.47. The van der Waals surface area contributed by atoms with Gasteiger partial charge in [-0.05, 0) is 6.92 Å². The molecule has 1 atom stereocenters. The Morgan fingerprint density at radius 3 is 2.62 bits per heavy atom. The average Bonchev–Trinajstić information content (AvgIpc) is 2.04. The van der Waals surface area contributed by atoms with Gasteiger partial charge in [0, 0.05) is 47.9 Å². The highest BCUT2D eigenvalue weighted by molar-refractivity contribution is 7.85. The van der Waals surface area contributed by atoms with Crippen molar-refractivity contribution in [3.63, 3.8) is 0 Å². The predicted molar refractivity (Wildman–Crippen MR) is 60.3 cm³/mol. The number of rotatable bonds is 3. The minimum absolute atomic E-state index is 0.398. The molecule has 1 saturated heterocycles. The van der Waals surface area contributed by atoms with Crippen LogP contribution in [-0.2, 0) is 10.8 Å². The zero-order chi connectivity index (χ0) is 9.84. The van der Waals surface area contributed by atoms with Gasteiger partial charge in [-0.15, -0.1) is 0 Å². The third-order valence-corrected chi connectivity index (χ3v) is 3.77. The molecule has 0 aromatic rings. The third kappa shape index (κ3) is 3.70. The van der Waals surface area contributed by atoms with E-state index in [4.69, 9.17) is 18.0 Å². The normalized spacial score (nSPS) is 22.8. The van der Waals surface area contributed by atoms with E-state index in [2.05, 4.69) is 11.8 Å². The minimum atomic E-state index is -0.596. The van der Waals surface area contributed by atoms with E-state index in [-0.39, 0.29) is 0 Å². The Hall–Kier alpha value is -0.0000000000000000555. The van der Waals surface area contributed by atoms with E-state index in [9.17, 15) is 4.21 Å². The quantitative estimate of drug-likeness (QED) is 0.686. The lowest BCUT2D eigenvalue weighted by atomic mass is 10.2. The lowest BCUT2D eigenvalue weighted by Gasteiger charge is -2.31. The Morgan fingerprint density at radius 2 is 2.15 bits per heavy atom. The van der Waals surface area contributed by atoms with Gasteiger partial charge in [0.15, 0.2) is 0 Å². The Balaban J connectivity index is 2.35. The van der Waals surface area contributed by atoms with Crippen LogP contribution in [0.3, 0.4) is 0 Å². The molecular weight excluding hydrogens is 204 g/mol. The molecule has 1 unspecified atom stereocenters. The molecule has 3 nitrogen and oxygen atoms in total. The summed E-state index contributed by atoms with van der Waals surface area (Å²) in [4.78, 5) is 2.87. The predicted octanol–water partition coefficient (Wildman–Crippen LogP) is 0.115. The van der Waals surface area contributed by atoms with Crippen LogP contribution in [0, 0.1) is 0 Å². The van der Waals surface area contributed by atoms with E-state index in [1.54, 1.807) is 0 Å². The van der Waals surface area contributed by atoms with Crippen LogP contribution in [0.25, 0.3) is 0 Å². The number of nitrogens with zero attached hydrogens (tertiary/aromatic N) is 1. The molecule has 1 rings (SSSR count). The zero-order valence-corrected chi connectivity index (χ0v) is 9.50. The second-order valence-electron chi connectivity index (χ2n) is 3.40. The van der Waals surface area contributed by atoms with Crippen molar-refractivity contribution in [1.29, 1.82) is 0 Å². The molecule has 1 heterocycles. The summed E-state index contributed by atoms with van der Waals surface area (Å²) in [7, 11) is -0.596. The van der Waals surface area contributed by atoms with Crippen molar-refractivity contribution >= 4 is 28.0 Å². The molecule has 76 valence electrons. The standard InChI is InChI=1S/C8H16N2OS2/c1-7(6-8(9)12)10-2-4-13(11)5-3-10/h7H,2-6H2,1H3,(H2,9,12). The molecule has 0 aromatic heterocycles. The van der Waals surface area contributed by atoms with Gasteiger partial charge in [0.1, 0.15) is 0 Å². The maximum absolute atomic E-state index is 11.1. The molecule has 1 aliphatic heterocycles. The first-order chi connectivity index (χ1) is 6.09. The average molecular weight is 220 g/mol. The Bertz CT molecular complexity index is 210. The fraction of sp³-hybridized carbons (Fsp3) is 0.875. The molecule has 0 bridgehead atoms. The smallest absolute Gasteiger partial charge is 0.0742 e. The molecule has 5 heteroatoms. The van der Waals surface area contributed by atoms with Crippen LogP contribution in [0.15, 0.2) is 0 Å². The molecule has 0 amide bonds. The van der Waals surface area contributed by atoms with Gasteiger partial charge in [0.2, 0.25) is 0 Å². The summed E-state index contributed by atoms with van der Waals surface area (Å²) < 4.78 is 11.1. The first kappa shape index (κ1) is 11.1. The van der Waals surface area contributed by atoms with E-state index in [1.165, 1.54) is 0 Å². The lowest BCUT2D eigenvalue weighted by Crippen LogP contribution is -2.44. The number of hydrogen-bond acceptors (Lipinski definition) is 3. The first-order valence-electron chi connectivity index (χ1n) is 4.47. The lowest BCUT2D eigenvalue weighted by molar-refractivity contribution is 0.234. The third-order valence-electron chi connectivity index (χ3n) is 2.33. The maximum atomic E-state index is 11.1. The fourth-order valence-corrected chi connectivity index (χ4v) is 2.83. The van der Waals surface area contributed by atoms with Crippen molar-refractivity contribution in [1.82, 2.24) is 4.90 Å². The summed E-state index contributed by atoms with van der Waals surface area (Å²) >= 11 is 4.86. The highest BCUT2D eigenvalue weighted by Gasteiger charge is 2.19. The monoisotopic (exact) mass is 220 g/mol. The van der Waals surface area contributed by atoms with Crippen LogP contribution < -0.4 is 5.73 Å². The first-order valence-corrected chi connectivity index (χ1v) is 6.36. The second kappa shape index (κ2) is 5.02. The highest BCUT2D eigenvalue weighted by atomic mass is 32.2. The van der Waals surface area contributed by atoms with Gasteiger partial charge >= 0.3 is 0 Å². The zero-order valence-electron chi connectivity index (χ0n) is 7.86. The van der Waals surface area contributed by atoms with Crippen molar-refractivity contribution in [2.24, 2.45) is 5.73 Å². The Morgan fingerprint density at radius 1 is 1.62 bits per heavy atom. The number of nitrogens with two attached hydrogens (primary N) is 1. The van der Waals surface area contributed by atoms with Crippen LogP contribution in [0.2, 0.25) is 0 Å².